The van der Waals surface area contributed by atoms with Gasteiger partial charge in [0.2, 0.25) is 0 Å². The molecular weight excluding hydrogens is 382 g/mol. The molecule has 6 heteroatoms. The Morgan fingerprint density at radius 2 is 1.67 bits per heavy atom. The van der Waals surface area contributed by atoms with E-state index in [1.807, 2.05) is 68.4 Å². The van der Waals surface area contributed by atoms with Crippen LogP contribution in [-0.2, 0) is 19.1 Å². The molecule has 0 radical (unpaired) electrons. The van der Waals surface area contributed by atoms with Gasteiger partial charge in [0.25, 0.3) is 5.91 Å². The highest BCUT2D eigenvalue weighted by atomic mass is 16.5. The number of amides is 1. The molecule has 0 bridgehead atoms. The average molecular weight is 409 g/mol. The van der Waals surface area contributed by atoms with Gasteiger partial charge in [0.1, 0.15) is 5.75 Å². The third-order valence-corrected chi connectivity index (χ3v) is 4.84. The Labute approximate surface area is 177 Å². The van der Waals surface area contributed by atoms with Gasteiger partial charge in [-0.3, -0.25) is 4.79 Å². The predicted octanol–water partition coefficient (Wildman–Crippen LogP) is 3.41. The van der Waals surface area contributed by atoms with E-state index in [1.54, 1.807) is 18.1 Å². The summed E-state index contributed by atoms with van der Waals surface area (Å²) in [4.78, 5) is 27.2. The molecule has 158 valence electrons. The zero-order valence-corrected chi connectivity index (χ0v) is 17.5. The standard InChI is InChI=1S/C24H27NO5/c1-17-14-25(15-18(2)30-17)23(26)16-29-24(27)21(19-9-5-4-6-10-19)13-20-11-7-8-12-22(20)28-3/h4-13,17-18H,14-16H2,1-3H3. The molecule has 0 aliphatic carbocycles. The first-order chi connectivity index (χ1) is 14.5. The van der Waals surface area contributed by atoms with E-state index < -0.39 is 5.97 Å². The topological polar surface area (TPSA) is 65.1 Å². The lowest BCUT2D eigenvalue weighted by Crippen LogP contribution is -2.49. The van der Waals surface area contributed by atoms with Gasteiger partial charge in [0.15, 0.2) is 6.61 Å². The average Bonchev–Trinajstić information content (AvgIpc) is 2.75. The number of esters is 1. The number of ether oxygens (including phenoxy) is 3. The maximum Gasteiger partial charge on any atom is 0.339 e. The second-order valence-corrected chi connectivity index (χ2v) is 7.30. The van der Waals surface area contributed by atoms with E-state index in [0.717, 1.165) is 5.56 Å². The fraction of sp³-hybridized carbons (Fsp3) is 0.333. The monoisotopic (exact) mass is 409 g/mol. The molecule has 0 saturated carbocycles. The SMILES string of the molecule is COc1ccccc1C=C(C(=O)OCC(=O)N1CC(C)OC(C)C1)c1ccccc1. The van der Waals surface area contributed by atoms with Gasteiger partial charge >= 0.3 is 5.97 Å². The largest absolute Gasteiger partial charge is 0.496 e. The lowest BCUT2D eigenvalue weighted by atomic mass is 10.0. The van der Waals surface area contributed by atoms with Crippen molar-refractivity contribution in [3.05, 3.63) is 65.7 Å². The van der Waals surface area contributed by atoms with E-state index in [4.69, 9.17) is 14.2 Å². The fourth-order valence-corrected chi connectivity index (χ4v) is 3.50. The maximum atomic E-state index is 12.9. The normalized spacial score (nSPS) is 19.3. The van der Waals surface area contributed by atoms with E-state index in [1.165, 1.54) is 0 Å². The highest BCUT2D eigenvalue weighted by Crippen LogP contribution is 2.25. The molecule has 0 aromatic heterocycles. The summed E-state index contributed by atoms with van der Waals surface area (Å²) in [5.41, 5.74) is 1.81. The van der Waals surface area contributed by atoms with E-state index in [2.05, 4.69) is 0 Å². The number of carbonyl (C=O) groups is 2. The van der Waals surface area contributed by atoms with Crippen molar-refractivity contribution in [2.45, 2.75) is 26.1 Å². The van der Waals surface area contributed by atoms with E-state index in [0.29, 0.717) is 30.0 Å². The van der Waals surface area contributed by atoms with Crippen molar-refractivity contribution in [2.75, 3.05) is 26.8 Å². The summed E-state index contributed by atoms with van der Waals surface area (Å²) in [6.07, 6.45) is 1.64. The number of para-hydroxylation sites is 1. The van der Waals surface area contributed by atoms with E-state index in [9.17, 15) is 9.59 Å². The first-order valence-electron chi connectivity index (χ1n) is 9.98. The van der Waals surface area contributed by atoms with E-state index in [-0.39, 0.29) is 24.7 Å². The molecule has 2 unspecified atom stereocenters. The van der Waals surface area contributed by atoms with Crippen LogP contribution >= 0.6 is 0 Å². The van der Waals surface area contributed by atoms with Gasteiger partial charge in [-0.1, -0.05) is 48.5 Å². The van der Waals surface area contributed by atoms with E-state index >= 15 is 0 Å². The van der Waals surface area contributed by atoms with Crippen LogP contribution in [0.1, 0.15) is 25.0 Å². The fourth-order valence-electron chi connectivity index (χ4n) is 3.50. The smallest absolute Gasteiger partial charge is 0.339 e. The first-order valence-corrected chi connectivity index (χ1v) is 9.98. The third-order valence-electron chi connectivity index (χ3n) is 4.84. The lowest BCUT2D eigenvalue weighted by molar-refractivity contribution is -0.154. The molecule has 1 aliphatic heterocycles. The summed E-state index contributed by atoms with van der Waals surface area (Å²) >= 11 is 0. The Morgan fingerprint density at radius 1 is 1.03 bits per heavy atom. The highest BCUT2D eigenvalue weighted by Gasteiger charge is 2.27. The molecule has 1 heterocycles. The Kier molecular flexibility index (Phi) is 7.25. The quantitative estimate of drug-likeness (QED) is 0.416. The minimum Gasteiger partial charge on any atom is -0.496 e. The van der Waals surface area contributed by atoms with Crippen LogP contribution in [0.2, 0.25) is 0 Å². The number of hydrogen-bond acceptors (Lipinski definition) is 5. The molecule has 30 heavy (non-hydrogen) atoms. The van der Waals surface area contributed by atoms with Crippen molar-refractivity contribution in [3.8, 4) is 5.75 Å². The van der Waals surface area contributed by atoms with Gasteiger partial charge in [0, 0.05) is 18.7 Å². The minimum absolute atomic E-state index is 0.0428. The highest BCUT2D eigenvalue weighted by molar-refractivity contribution is 6.22. The lowest BCUT2D eigenvalue weighted by Gasteiger charge is -2.35. The first kappa shape index (κ1) is 21.6. The number of morpholine rings is 1. The summed E-state index contributed by atoms with van der Waals surface area (Å²) in [5, 5.41) is 0. The van der Waals surface area contributed by atoms with Gasteiger partial charge in [0.05, 0.1) is 24.9 Å². The van der Waals surface area contributed by atoms with Crippen LogP contribution in [0.25, 0.3) is 11.6 Å². The predicted molar refractivity (Wildman–Crippen MR) is 115 cm³/mol. The van der Waals surface area contributed by atoms with Gasteiger partial charge in [-0.25, -0.2) is 4.79 Å². The Hall–Kier alpha value is -3.12. The van der Waals surface area contributed by atoms with Crippen LogP contribution in [0.15, 0.2) is 54.6 Å². The zero-order chi connectivity index (χ0) is 21.5. The Morgan fingerprint density at radius 3 is 2.33 bits per heavy atom. The van der Waals surface area contributed by atoms with Crippen LogP contribution < -0.4 is 4.74 Å². The van der Waals surface area contributed by atoms with Crippen LogP contribution in [-0.4, -0.2) is 55.8 Å². The maximum absolute atomic E-state index is 12.9. The molecule has 3 rings (SSSR count). The Bertz CT molecular complexity index is 899. The Balaban J connectivity index is 1.78. The van der Waals surface area contributed by atoms with Crippen molar-refractivity contribution in [1.29, 1.82) is 0 Å². The number of methoxy groups -OCH3 is 1. The molecular formula is C24H27NO5. The molecule has 6 nitrogen and oxygen atoms in total. The van der Waals surface area contributed by atoms with Crippen molar-refractivity contribution in [3.63, 3.8) is 0 Å². The number of benzene rings is 2. The summed E-state index contributed by atoms with van der Waals surface area (Å²) < 4.78 is 16.5. The molecule has 2 aromatic carbocycles. The third kappa shape index (κ3) is 5.48. The van der Waals surface area contributed by atoms with Crippen molar-refractivity contribution in [2.24, 2.45) is 0 Å². The molecule has 1 amide bonds. The summed E-state index contributed by atoms with van der Waals surface area (Å²) in [6.45, 7) is 4.51. The van der Waals surface area contributed by atoms with Crippen LogP contribution in [0, 0.1) is 0 Å². The number of carbonyl (C=O) groups excluding carboxylic acids is 2. The second-order valence-electron chi connectivity index (χ2n) is 7.30. The molecule has 1 aliphatic rings. The summed E-state index contributed by atoms with van der Waals surface area (Å²) in [5.74, 6) is -0.143. The summed E-state index contributed by atoms with van der Waals surface area (Å²) in [7, 11) is 1.58. The minimum atomic E-state index is -0.560. The van der Waals surface area contributed by atoms with Crippen molar-refractivity contribution in [1.82, 2.24) is 4.90 Å². The molecule has 2 aromatic rings. The molecule has 0 spiro atoms. The van der Waals surface area contributed by atoms with Crippen molar-refractivity contribution < 1.29 is 23.8 Å². The molecule has 1 fully saturated rings. The van der Waals surface area contributed by atoms with Crippen LogP contribution in [0.4, 0.5) is 0 Å². The van der Waals surface area contributed by atoms with Gasteiger partial charge in [-0.2, -0.15) is 0 Å². The molecule has 2 atom stereocenters. The van der Waals surface area contributed by atoms with Crippen LogP contribution in [0.3, 0.4) is 0 Å². The second kappa shape index (κ2) is 10.1. The van der Waals surface area contributed by atoms with Crippen molar-refractivity contribution >= 4 is 23.5 Å². The molecule has 0 N–H and O–H groups in total. The number of nitrogens with zero attached hydrogens (tertiary/aromatic N) is 1. The number of rotatable bonds is 6. The van der Waals surface area contributed by atoms with Gasteiger partial charge < -0.3 is 19.1 Å². The zero-order valence-electron chi connectivity index (χ0n) is 17.5. The van der Waals surface area contributed by atoms with Crippen LogP contribution in [0.5, 0.6) is 5.75 Å². The molecule has 1 saturated heterocycles. The summed E-state index contributed by atoms with van der Waals surface area (Å²) in [6, 6.07) is 16.6. The van der Waals surface area contributed by atoms with Gasteiger partial charge in [-0.05, 0) is 31.6 Å². The van der Waals surface area contributed by atoms with Gasteiger partial charge in [-0.15, -0.1) is 0 Å². The number of hydrogen-bond donors (Lipinski definition) is 0.